The van der Waals surface area contributed by atoms with E-state index in [2.05, 4.69) is 10.6 Å². The number of carbonyl (C=O) groups is 9. The van der Waals surface area contributed by atoms with E-state index in [0.717, 1.165) is 67.9 Å². The highest BCUT2D eigenvalue weighted by Crippen LogP contribution is 2.38. The van der Waals surface area contributed by atoms with Crippen LogP contribution in [0.15, 0.2) is 60.7 Å². The van der Waals surface area contributed by atoms with Crippen LogP contribution >= 0.6 is 0 Å². The van der Waals surface area contributed by atoms with Crippen LogP contribution in [-0.4, -0.2) is 218 Å². The summed E-state index contributed by atoms with van der Waals surface area (Å²) in [5.74, 6) is -8.09. The Morgan fingerprint density at radius 2 is 0.721 bits per heavy atom. The van der Waals surface area contributed by atoms with Crippen molar-refractivity contribution in [3.63, 3.8) is 0 Å². The van der Waals surface area contributed by atoms with Crippen molar-refractivity contribution in [2.75, 3.05) is 26.4 Å². The monoisotopic (exact) mass is 1220 g/mol. The van der Waals surface area contributed by atoms with Crippen LogP contribution in [-0.2, 0) is 132 Å². The summed E-state index contributed by atoms with van der Waals surface area (Å²) >= 11 is 0. The van der Waals surface area contributed by atoms with Crippen LogP contribution in [0, 0.1) is 0 Å². The molecular weight excluding hydrogens is 1150 g/mol. The lowest BCUT2D eigenvalue weighted by Crippen LogP contribution is -2.71. The Kier molecular flexibility index (Phi) is 25.6. The van der Waals surface area contributed by atoms with Gasteiger partial charge in [-0.25, -0.2) is 0 Å². The van der Waals surface area contributed by atoms with Crippen LogP contribution in [0.2, 0.25) is 0 Å². The fraction of sp³-hybridized carbons (Fsp3) is 0.625. The van der Waals surface area contributed by atoms with Crippen molar-refractivity contribution in [2.45, 2.75) is 198 Å². The van der Waals surface area contributed by atoms with Gasteiger partial charge in [-0.1, -0.05) is 60.7 Å². The first-order chi connectivity index (χ1) is 40.8. The van der Waals surface area contributed by atoms with E-state index in [9.17, 15) is 58.5 Å². The number of carbonyl (C=O) groups excluding carboxylic acids is 9. The number of benzene rings is 2. The second-order valence-electron chi connectivity index (χ2n) is 20.4. The van der Waals surface area contributed by atoms with Gasteiger partial charge in [-0.15, -0.1) is 0 Å². The molecule has 20 atom stereocenters. The van der Waals surface area contributed by atoms with Crippen molar-refractivity contribution >= 4 is 53.6 Å². The van der Waals surface area contributed by atoms with Gasteiger partial charge in [0.25, 0.3) is 0 Å². The van der Waals surface area contributed by atoms with Gasteiger partial charge < -0.3 is 102 Å². The lowest BCUT2D eigenvalue weighted by atomic mass is 9.93. The highest BCUT2D eigenvalue weighted by atomic mass is 16.8. The summed E-state index contributed by atoms with van der Waals surface area (Å²) < 4.78 is 95.9. The zero-order valence-corrected chi connectivity index (χ0v) is 48.6. The van der Waals surface area contributed by atoms with Gasteiger partial charge in [-0.05, 0) is 11.1 Å². The number of esters is 7. The number of ether oxygens (including phenoxy) is 16. The van der Waals surface area contributed by atoms with Crippen molar-refractivity contribution < 1.29 is 134 Å². The van der Waals surface area contributed by atoms with E-state index in [1.807, 2.05) is 0 Å². The largest absolute Gasteiger partial charge is 0.463 e. The van der Waals surface area contributed by atoms with Crippen LogP contribution in [0.25, 0.3) is 0 Å². The maximum absolute atomic E-state index is 13.3. The molecule has 0 radical (unpaired) electrons. The molecule has 4 aliphatic rings. The van der Waals surface area contributed by atoms with Gasteiger partial charge in [0, 0.05) is 62.3 Å². The quantitative estimate of drug-likeness (QED) is 0.0587. The zero-order valence-electron chi connectivity index (χ0n) is 48.6. The van der Waals surface area contributed by atoms with Crippen molar-refractivity contribution in [1.82, 2.24) is 10.6 Å². The first-order valence-electron chi connectivity index (χ1n) is 27.3. The van der Waals surface area contributed by atoms with Gasteiger partial charge >= 0.3 is 41.8 Å². The van der Waals surface area contributed by atoms with Gasteiger partial charge in [0.15, 0.2) is 55.7 Å². The predicted molar refractivity (Wildman–Crippen MR) is 282 cm³/mol. The number of aliphatic hydroxyl groups is 3. The van der Waals surface area contributed by atoms with Crippen LogP contribution in [0.3, 0.4) is 0 Å². The molecule has 0 aliphatic carbocycles. The SMILES string of the molecule is CC(=O)N[C@@H]1[C@@H](O)[C@H](O[C@@H]2O[C@H](COC(C)=O)[C@H](OC(C)=O)[C@H](O[C@@H]3O[C@H](COCc4ccccc4)[C@@H](O[C@@H]4O[C@H](COC(C)=O)[C@@H](OC(C)=O)[C@H](OC(C)=O)[C@H]4OC(C)=O)[C@H](O)[C@H]3NC(C)=O)[C@H]2OC(C)=O)[C@@H](COCc2ccccc2)O[C@H]1O. The van der Waals surface area contributed by atoms with E-state index in [1.165, 1.54) is 0 Å². The molecule has 4 heterocycles. The lowest BCUT2D eigenvalue weighted by molar-refractivity contribution is -0.378. The molecule has 4 fully saturated rings. The summed E-state index contributed by atoms with van der Waals surface area (Å²) in [6.45, 7) is 6.92. The van der Waals surface area contributed by atoms with Gasteiger partial charge in [-0.2, -0.15) is 0 Å². The molecule has 0 aromatic heterocycles. The molecule has 30 heteroatoms. The summed E-state index contributed by atoms with van der Waals surface area (Å²) in [4.78, 5) is 115. The van der Waals surface area contributed by atoms with E-state index in [-0.39, 0.29) is 19.8 Å². The number of nitrogens with one attached hydrogen (secondary N) is 2. The maximum atomic E-state index is 13.3. The summed E-state index contributed by atoms with van der Waals surface area (Å²) in [6, 6.07) is 14.2. The van der Waals surface area contributed by atoms with Crippen LogP contribution in [0.1, 0.15) is 73.4 Å². The Balaban J connectivity index is 1.45. The second-order valence-corrected chi connectivity index (χ2v) is 20.4. The van der Waals surface area contributed by atoms with Gasteiger partial charge in [0.1, 0.15) is 80.2 Å². The van der Waals surface area contributed by atoms with E-state index in [1.54, 1.807) is 60.7 Å². The standard InChI is InChI=1S/C56H74N2O28/c1-26(59)57-41-43(68)45(37(80-53(41)70)22-71-20-35-16-12-10-13-17-35)84-56-52(79-34(9)67)50(48(76-31(6)64)40(83-56)25-74-29(4)62)86-54-42(58-27(2)60)44(69)46(38(81-54)23-72-21-36-18-14-11-15-19-36)85-55-51(78-33(8)66)49(77-32(7)65)47(75-30(5)63)39(82-55)24-73-28(3)61/h10-19,37-56,68-70H,20-25H2,1-9H3,(H,57,59)(H,58,60)/t37-,38-,39-,40-,41-,42-,43-,44-,45-,46-,47-,48+,49+,50+,51-,52-,53-,54+,55+,56+/m1/s1. The third-order valence-corrected chi connectivity index (χ3v) is 13.4. The molecule has 0 bridgehead atoms. The minimum Gasteiger partial charge on any atom is -0.463 e. The molecule has 30 nitrogen and oxygen atoms in total. The van der Waals surface area contributed by atoms with E-state index < -0.39 is 196 Å². The molecule has 2 aromatic rings. The third kappa shape index (κ3) is 19.6. The smallest absolute Gasteiger partial charge is 0.303 e. The molecule has 4 saturated heterocycles. The minimum absolute atomic E-state index is 0.00443. The van der Waals surface area contributed by atoms with Gasteiger partial charge in [0.2, 0.25) is 11.8 Å². The van der Waals surface area contributed by atoms with Gasteiger partial charge in [0.05, 0.1) is 26.4 Å². The van der Waals surface area contributed by atoms with Crippen molar-refractivity contribution in [3.8, 4) is 0 Å². The molecule has 4 aliphatic heterocycles. The number of rotatable bonds is 25. The Morgan fingerprint density at radius 1 is 0.384 bits per heavy atom. The van der Waals surface area contributed by atoms with Crippen molar-refractivity contribution in [3.05, 3.63) is 71.8 Å². The fourth-order valence-corrected chi connectivity index (χ4v) is 9.98. The fourth-order valence-electron chi connectivity index (χ4n) is 9.98. The van der Waals surface area contributed by atoms with Gasteiger partial charge in [-0.3, -0.25) is 43.2 Å². The summed E-state index contributed by atoms with van der Waals surface area (Å²) in [5.41, 5.74) is 1.38. The second kappa shape index (κ2) is 32.3. The van der Waals surface area contributed by atoms with Crippen molar-refractivity contribution in [2.24, 2.45) is 0 Å². The average Bonchev–Trinajstić information content (AvgIpc) is 1.09. The molecular formula is C56H74N2O28. The van der Waals surface area contributed by atoms with E-state index in [0.29, 0.717) is 5.56 Å². The Hall–Kier alpha value is -6.81. The number of hydrogen-bond donors (Lipinski definition) is 5. The molecule has 476 valence electrons. The lowest BCUT2D eigenvalue weighted by Gasteiger charge is -2.51. The molecule has 5 N–H and O–H groups in total. The van der Waals surface area contributed by atoms with Crippen LogP contribution < -0.4 is 10.6 Å². The summed E-state index contributed by atoms with van der Waals surface area (Å²) in [6.07, 6.45) is -32.1. The maximum Gasteiger partial charge on any atom is 0.303 e. The molecule has 6 rings (SSSR count). The zero-order chi connectivity index (χ0) is 62.9. The Bertz CT molecular complexity index is 2610. The molecule has 86 heavy (non-hydrogen) atoms. The highest BCUT2D eigenvalue weighted by molar-refractivity contribution is 5.74. The van der Waals surface area contributed by atoms with E-state index >= 15 is 0 Å². The Labute approximate surface area is 493 Å². The first-order valence-corrected chi connectivity index (χ1v) is 27.3. The van der Waals surface area contributed by atoms with Crippen molar-refractivity contribution in [1.29, 1.82) is 0 Å². The average molecular weight is 1220 g/mol. The Morgan fingerprint density at radius 3 is 1.14 bits per heavy atom. The number of hydrogen-bond acceptors (Lipinski definition) is 28. The minimum atomic E-state index is -2.05. The topological polar surface area (TPSA) is 386 Å². The third-order valence-electron chi connectivity index (χ3n) is 13.4. The predicted octanol–water partition coefficient (Wildman–Crippen LogP) is -1.02. The highest BCUT2D eigenvalue weighted by Gasteiger charge is 2.60. The molecule has 2 amide bonds. The summed E-state index contributed by atoms with van der Waals surface area (Å²) in [7, 11) is 0. The van der Waals surface area contributed by atoms with Crippen LogP contribution in [0.4, 0.5) is 0 Å². The molecule has 2 aromatic carbocycles. The molecule has 0 saturated carbocycles. The van der Waals surface area contributed by atoms with Crippen LogP contribution in [0.5, 0.6) is 0 Å². The first kappa shape index (κ1) is 68.3. The number of amides is 2. The summed E-state index contributed by atoms with van der Waals surface area (Å²) in [5, 5.41) is 40.8. The molecule has 0 unspecified atom stereocenters. The number of aliphatic hydroxyl groups excluding tert-OH is 3. The molecule has 0 spiro atoms. The van der Waals surface area contributed by atoms with E-state index in [4.69, 9.17) is 75.8 Å². The normalized spacial score (nSPS) is 32.5.